The second-order valence-corrected chi connectivity index (χ2v) is 4.26. The maximum atomic E-state index is 13.8. The quantitative estimate of drug-likeness (QED) is 0.725. The first-order valence-electron chi connectivity index (χ1n) is 5.60. The number of carbonyl (C=O) groups is 2. The van der Waals surface area contributed by atoms with Crippen molar-refractivity contribution in [2.24, 2.45) is 0 Å². The van der Waals surface area contributed by atoms with Crippen LogP contribution in [0.4, 0.5) is 17.6 Å². The van der Waals surface area contributed by atoms with E-state index in [-0.39, 0.29) is 18.7 Å². The number of carboxylic acid groups (broad SMARTS) is 2. The van der Waals surface area contributed by atoms with E-state index in [1.54, 1.807) is 12.1 Å². The van der Waals surface area contributed by atoms with E-state index in [4.69, 9.17) is 15.0 Å². The molecule has 116 valence electrons. The van der Waals surface area contributed by atoms with E-state index in [0.717, 1.165) is 0 Å². The molecule has 21 heavy (non-hydrogen) atoms. The molecule has 2 rings (SSSR count). The maximum absolute atomic E-state index is 13.8. The molecule has 3 N–H and O–H groups in total. The molecule has 0 radical (unpaired) electrons. The van der Waals surface area contributed by atoms with E-state index >= 15 is 0 Å². The van der Waals surface area contributed by atoms with Gasteiger partial charge in [0, 0.05) is 13.1 Å². The van der Waals surface area contributed by atoms with Crippen LogP contribution < -0.4 is 5.32 Å². The molecular weight excluding hydrogens is 298 g/mol. The largest absolute Gasteiger partial charge is 0.490 e. The Kier molecular flexibility index (Phi) is 4.89. The Morgan fingerprint density at radius 2 is 1.71 bits per heavy atom. The molecule has 0 spiro atoms. The second kappa shape index (κ2) is 6.08. The third-order valence-corrected chi connectivity index (χ3v) is 2.68. The van der Waals surface area contributed by atoms with Crippen molar-refractivity contribution in [3.05, 3.63) is 35.4 Å². The van der Waals surface area contributed by atoms with Crippen LogP contribution in [0.15, 0.2) is 24.3 Å². The van der Waals surface area contributed by atoms with Gasteiger partial charge in [-0.3, -0.25) is 0 Å². The van der Waals surface area contributed by atoms with Crippen molar-refractivity contribution in [3.8, 4) is 0 Å². The van der Waals surface area contributed by atoms with Crippen molar-refractivity contribution in [2.45, 2.75) is 11.8 Å². The number of aromatic carboxylic acids is 1. The van der Waals surface area contributed by atoms with Crippen molar-refractivity contribution in [1.29, 1.82) is 0 Å². The van der Waals surface area contributed by atoms with Crippen LogP contribution in [0.5, 0.6) is 0 Å². The smallest absolute Gasteiger partial charge is 0.478 e. The van der Waals surface area contributed by atoms with Crippen LogP contribution in [-0.2, 0) is 10.5 Å². The summed E-state index contributed by atoms with van der Waals surface area (Å²) in [5.74, 6) is -3.78. The van der Waals surface area contributed by atoms with Crippen LogP contribution >= 0.6 is 0 Å². The number of hydrogen-bond donors (Lipinski definition) is 3. The topological polar surface area (TPSA) is 86.6 Å². The molecule has 1 aliphatic heterocycles. The average molecular weight is 309 g/mol. The third kappa shape index (κ3) is 4.42. The van der Waals surface area contributed by atoms with Crippen molar-refractivity contribution >= 4 is 11.9 Å². The molecule has 1 aromatic carbocycles. The lowest BCUT2D eigenvalue weighted by atomic mass is 9.89. The van der Waals surface area contributed by atoms with Crippen LogP contribution in [-0.4, -0.2) is 41.4 Å². The molecule has 0 unspecified atom stereocenters. The van der Waals surface area contributed by atoms with Gasteiger partial charge in [0.15, 0.2) is 5.67 Å². The monoisotopic (exact) mass is 309 g/mol. The lowest BCUT2D eigenvalue weighted by Gasteiger charge is -2.35. The molecule has 1 fully saturated rings. The van der Waals surface area contributed by atoms with Crippen molar-refractivity contribution in [2.75, 3.05) is 13.1 Å². The van der Waals surface area contributed by atoms with Crippen LogP contribution in [0.1, 0.15) is 15.9 Å². The van der Waals surface area contributed by atoms with E-state index in [0.29, 0.717) is 5.56 Å². The lowest BCUT2D eigenvalue weighted by molar-refractivity contribution is -0.192. The molecule has 1 aromatic rings. The lowest BCUT2D eigenvalue weighted by Crippen LogP contribution is -2.53. The Labute approximate surface area is 116 Å². The van der Waals surface area contributed by atoms with Crippen LogP contribution in [0.3, 0.4) is 0 Å². The van der Waals surface area contributed by atoms with E-state index in [1.165, 1.54) is 12.1 Å². The number of benzene rings is 1. The Balaban J connectivity index is 0.000000270. The fraction of sp³-hybridized carbons (Fsp3) is 0.333. The van der Waals surface area contributed by atoms with Crippen molar-refractivity contribution in [3.63, 3.8) is 0 Å². The molecule has 0 aromatic heterocycles. The summed E-state index contributed by atoms with van der Waals surface area (Å²) < 4.78 is 45.6. The minimum Gasteiger partial charge on any atom is -0.478 e. The molecule has 0 saturated carbocycles. The fourth-order valence-electron chi connectivity index (χ4n) is 1.48. The van der Waals surface area contributed by atoms with Gasteiger partial charge in [0.05, 0.1) is 5.56 Å². The summed E-state index contributed by atoms with van der Waals surface area (Å²) in [7, 11) is 0. The molecule has 5 nitrogen and oxygen atoms in total. The minimum atomic E-state index is -5.08. The second-order valence-electron chi connectivity index (χ2n) is 4.26. The first kappa shape index (κ1) is 16.9. The van der Waals surface area contributed by atoms with Crippen molar-refractivity contribution in [1.82, 2.24) is 5.32 Å². The fourth-order valence-corrected chi connectivity index (χ4v) is 1.48. The Morgan fingerprint density at radius 3 is 2.05 bits per heavy atom. The van der Waals surface area contributed by atoms with Gasteiger partial charge in [0.2, 0.25) is 0 Å². The van der Waals surface area contributed by atoms with Crippen LogP contribution in [0.2, 0.25) is 0 Å². The summed E-state index contributed by atoms with van der Waals surface area (Å²) >= 11 is 0. The summed E-state index contributed by atoms with van der Waals surface area (Å²) in [4.78, 5) is 19.5. The first-order chi connectivity index (χ1) is 9.56. The number of hydrogen-bond acceptors (Lipinski definition) is 3. The summed E-state index contributed by atoms with van der Waals surface area (Å²) in [6.45, 7) is 0.520. The Hall–Kier alpha value is -2.16. The molecule has 0 aliphatic carbocycles. The zero-order valence-electron chi connectivity index (χ0n) is 10.4. The van der Waals surface area contributed by atoms with Gasteiger partial charge in [-0.05, 0) is 17.7 Å². The number of halogens is 4. The Morgan fingerprint density at radius 1 is 1.19 bits per heavy atom. The highest BCUT2D eigenvalue weighted by Crippen LogP contribution is 2.30. The average Bonchev–Trinajstić information content (AvgIpc) is 2.35. The summed E-state index contributed by atoms with van der Waals surface area (Å²) in [5, 5.41) is 18.7. The van der Waals surface area contributed by atoms with Gasteiger partial charge in [0.1, 0.15) is 0 Å². The molecule has 1 heterocycles. The van der Waals surface area contributed by atoms with Crippen molar-refractivity contribution < 1.29 is 37.4 Å². The van der Waals surface area contributed by atoms with Crippen LogP contribution in [0.25, 0.3) is 0 Å². The van der Waals surface area contributed by atoms with Crippen LogP contribution in [0, 0.1) is 0 Å². The molecule has 0 atom stereocenters. The predicted molar refractivity (Wildman–Crippen MR) is 62.7 cm³/mol. The number of carboxylic acids is 2. The zero-order valence-corrected chi connectivity index (χ0v) is 10.4. The summed E-state index contributed by atoms with van der Waals surface area (Å²) in [6.07, 6.45) is -5.08. The van der Waals surface area contributed by atoms with Gasteiger partial charge in [-0.1, -0.05) is 12.1 Å². The van der Waals surface area contributed by atoms with Gasteiger partial charge in [-0.2, -0.15) is 13.2 Å². The number of alkyl halides is 4. The van der Waals surface area contributed by atoms with Gasteiger partial charge in [0.25, 0.3) is 0 Å². The van der Waals surface area contributed by atoms with E-state index in [9.17, 15) is 22.4 Å². The molecule has 0 amide bonds. The number of rotatable bonds is 2. The molecule has 1 saturated heterocycles. The highest BCUT2D eigenvalue weighted by molar-refractivity contribution is 5.87. The number of aliphatic carboxylic acids is 1. The minimum absolute atomic E-state index is 0.131. The summed E-state index contributed by atoms with van der Waals surface area (Å²) in [6, 6.07) is 6.04. The Bertz CT molecular complexity index is 540. The summed E-state index contributed by atoms with van der Waals surface area (Å²) in [5.41, 5.74) is -0.812. The standard InChI is InChI=1S/C10H10FNO2.C2HF3O2/c11-10(5-12-6-10)8-3-1-2-7(4-8)9(13)14;3-2(4,5)1(6)7/h1-4,12H,5-6H2,(H,13,14);(H,6,7). The molecule has 9 heteroatoms. The predicted octanol–water partition coefficient (Wildman–Crippen LogP) is 1.79. The van der Waals surface area contributed by atoms with Gasteiger partial charge >= 0.3 is 18.1 Å². The highest BCUT2D eigenvalue weighted by atomic mass is 19.4. The molecule has 0 bridgehead atoms. The van der Waals surface area contributed by atoms with E-state index in [2.05, 4.69) is 5.32 Å². The van der Waals surface area contributed by atoms with E-state index < -0.39 is 23.8 Å². The molecular formula is C12H11F4NO4. The third-order valence-electron chi connectivity index (χ3n) is 2.68. The highest BCUT2D eigenvalue weighted by Gasteiger charge is 2.39. The van der Waals surface area contributed by atoms with Gasteiger partial charge in [-0.15, -0.1) is 0 Å². The SMILES string of the molecule is O=C(O)C(F)(F)F.O=C(O)c1cccc(C2(F)CNC2)c1. The van der Waals surface area contributed by atoms with Gasteiger partial charge in [-0.25, -0.2) is 14.0 Å². The molecule has 1 aliphatic rings. The normalized spacial score (nSPS) is 16.2. The van der Waals surface area contributed by atoms with E-state index in [1.807, 2.05) is 0 Å². The first-order valence-corrected chi connectivity index (χ1v) is 5.60. The maximum Gasteiger partial charge on any atom is 0.490 e. The zero-order chi connectivity index (χ0) is 16.3. The number of nitrogens with one attached hydrogen (secondary N) is 1. The van der Waals surface area contributed by atoms with Gasteiger partial charge < -0.3 is 15.5 Å².